The summed E-state index contributed by atoms with van der Waals surface area (Å²) in [7, 11) is 0. The number of carbonyl (C=O) groups is 1. The number of benzene rings is 2. The molecule has 3 rings (SSSR count). The molecule has 0 atom stereocenters. The molecule has 3 nitrogen and oxygen atoms in total. The van der Waals surface area contributed by atoms with Crippen molar-refractivity contribution in [3.63, 3.8) is 0 Å². The minimum atomic E-state index is 0.0186. The van der Waals surface area contributed by atoms with Gasteiger partial charge in [0, 0.05) is 16.3 Å². The zero-order valence-corrected chi connectivity index (χ0v) is 16.5. The molecule has 0 fully saturated rings. The van der Waals surface area contributed by atoms with Crippen molar-refractivity contribution in [2.75, 3.05) is 11.1 Å². The summed E-state index contributed by atoms with van der Waals surface area (Å²) in [6, 6.07) is 11.9. The first-order valence-electron chi connectivity index (χ1n) is 8.08. The van der Waals surface area contributed by atoms with E-state index in [4.69, 9.17) is 11.6 Å². The highest BCUT2D eigenvalue weighted by atomic mass is 35.5. The molecule has 1 amide bonds. The number of halogens is 1. The summed E-state index contributed by atoms with van der Waals surface area (Å²) < 4.78 is 1.11. The van der Waals surface area contributed by atoms with Gasteiger partial charge in [0.25, 0.3) is 0 Å². The third-order valence-electron chi connectivity index (χ3n) is 3.96. The first-order valence-corrected chi connectivity index (χ1v) is 10.3. The van der Waals surface area contributed by atoms with Crippen LogP contribution in [0.25, 0.3) is 10.2 Å². The summed E-state index contributed by atoms with van der Waals surface area (Å²) in [5, 5.41) is 4.35. The Morgan fingerprint density at radius 1 is 1.20 bits per heavy atom. The highest BCUT2D eigenvalue weighted by molar-refractivity contribution is 7.99. The van der Waals surface area contributed by atoms with Gasteiger partial charge in [-0.15, -0.1) is 11.8 Å². The molecule has 130 valence electrons. The molecule has 0 saturated carbocycles. The number of aromatic nitrogens is 1. The molecule has 2 aromatic carbocycles. The topological polar surface area (TPSA) is 42.0 Å². The van der Waals surface area contributed by atoms with Gasteiger partial charge < -0.3 is 5.32 Å². The third-order valence-corrected chi connectivity index (χ3v) is 6.25. The highest BCUT2D eigenvalue weighted by Gasteiger charge is 2.10. The van der Waals surface area contributed by atoms with Crippen molar-refractivity contribution in [1.82, 2.24) is 4.98 Å². The molecular formula is C19H19ClN2OS2. The maximum absolute atomic E-state index is 12.1. The van der Waals surface area contributed by atoms with Gasteiger partial charge in [-0.3, -0.25) is 4.79 Å². The quantitative estimate of drug-likeness (QED) is 0.409. The Kier molecular flexibility index (Phi) is 5.99. The van der Waals surface area contributed by atoms with E-state index in [1.165, 1.54) is 27.4 Å². The van der Waals surface area contributed by atoms with Crippen LogP contribution in [-0.2, 0) is 4.79 Å². The molecule has 1 N–H and O–H groups in total. The van der Waals surface area contributed by atoms with Crippen LogP contribution in [0.1, 0.15) is 24.0 Å². The maximum atomic E-state index is 12.1. The summed E-state index contributed by atoms with van der Waals surface area (Å²) in [4.78, 5) is 17.9. The molecule has 0 bridgehead atoms. The predicted octanol–water partition coefficient (Wildman–Crippen LogP) is 6.08. The van der Waals surface area contributed by atoms with E-state index in [0.717, 1.165) is 27.4 Å². The zero-order chi connectivity index (χ0) is 17.8. The Hall–Kier alpha value is -1.56. The fraction of sp³-hybridized carbons (Fsp3) is 0.263. The molecule has 0 spiro atoms. The number of thioether (sulfide) groups is 1. The molecule has 0 aliphatic rings. The van der Waals surface area contributed by atoms with Crippen LogP contribution in [0, 0.1) is 13.8 Å². The van der Waals surface area contributed by atoms with Crippen LogP contribution >= 0.6 is 34.7 Å². The van der Waals surface area contributed by atoms with Crippen molar-refractivity contribution in [3.8, 4) is 0 Å². The fourth-order valence-corrected chi connectivity index (χ4v) is 4.34. The lowest BCUT2D eigenvalue weighted by Gasteiger charge is -2.03. The van der Waals surface area contributed by atoms with Gasteiger partial charge in [0.1, 0.15) is 0 Å². The van der Waals surface area contributed by atoms with E-state index in [1.54, 1.807) is 11.8 Å². The van der Waals surface area contributed by atoms with E-state index in [1.807, 2.05) is 24.3 Å². The second-order valence-corrected chi connectivity index (χ2v) is 8.46. The molecule has 1 aromatic heterocycles. The van der Waals surface area contributed by atoms with E-state index in [0.29, 0.717) is 11.6 Å². The number of anilines is 1. The van der Waals surface area contributed by atoms with Gasteiger partial charge in [0.15, 0.2) is 5.13 Å². The van der Waals surface area contributed by atoms with Crippen LogP contribution < -0.4 is 5.32 Å². The standard InChI is InChI=1S/C19H19ClN2OS2/c1-12-5-10-16-18(13(12)2)22-19(25-16)21-17(23)4-3-11-24-15-8-6-14(20)7-9-15/h5-10H,3-4,11H2,1-2H3,(H,21,22,23). The Balaban J connectivity index is 1.49. The Morgan fingerprint density at radius 3 is 2.72 bits per heavy atom. The first kappa shape index (κ1) is 18.2. The van der Waals surface area contributed by atoms with Gasteiger partial charge in [-0.1, -0.05) is 29.0 Å². The van der Waals surface area contributed by atoms with Crippen molar-refractivity contribution in [3.05, 3.63) is 52.5 Å². The first-order chi connectivity index (χ1) is 12.0. The summed E-state index contributed by atoms with van der Waals surface area (Å²) in [6.45, 7) is 4.14. The molecule has 0 radical (unpaired) electrons. The number of thiazole rings is 1. The molecule has 0 unspecified atom stereocenters. The number of fused-ring (bicyclic) bond motifs is 1. The summed E-state index contributed by atoms with van der Waals surface area (Å²) >= 11 is 9.13. The average Bonchev–Trinajstić information content (AvgIpc) is 3.00. The average molecular weight is 391 g/mol. The summed E-state index contributed by atoms with van der Waals surface area (Å²) in [5.74, 6) is 0.915. The minimum Gasteiger partial charge on any atom is -0.302 e. The van der Waals surface area contributed by atoms with Crippen LogP contribution in [0.15, 0.2) is 41.3 Å². The number of hydrogen-bond donors (Lipinski definition) is 1. The van der Waals surface area contributed by atoms with Gasteiger partial charge in [0.05, 0.1) is 10.2 Å². The Morgan fingerprint density at radius 2 is 1.96 bits per heavy atom. The van der Waals surface area contributed by atoms with Gasteiger partial charge >= 0.3 is 0 Å². The van der Waals surface area contributed by atoms with Crippen LogP contribution in [0.5, 0.6) is 0 Å². The van der Waals surface area contributed by atoms with E-state index in [9.17, 15) is 4.79 Å². The van der Waals surface area contributed by atoms with Gasteiger partial charge in [-0.05, 0) is 67.5 Å². The maximum Gasteiger partial charge on any atom is 0.226 e. The monoisotopic (exact) mass is 390 g/mol. The number of amides is 1. The largest absolute Gasteiger partial charge is 0.302 e. The van der Waals surface area contributed by atoms with Gasteiger partial charge in [-0.2, -0.15) is 0 Å². The number of nitrogens with one attached hydrogen (secondary N) is 1. The van der Waals surface area contributed by atoms with Crippen molar-refractivity contribution in [2.45, 2.75) is 31.6 Å². The summed E-state index contributed by atoms with van der Waals surface area (Å²) in [5.41, 5.74) is 3.38. The molecular weight excluding hydrogens is 372 g/mol. The molecule has 0 aliphatic carbocycles. The van der Waals surface area contributed by atoms with E-state index in [-0.39, 0.29) is 5.91 Å². The number of hydrogen-bond acceptors (Lipinski definition) is 4. The molecule has 1 heterocycles. The fourth-order valence-electron chi connectivity index (χ4n) is 2.41. The van der Waals surface area contributed by atoms with Crippen molar-refractivity contribution in [1.29, 1.82) is 0 Å². The van der Waals surface area contributed by atoms with Crippen LogP contribution in [-0.4, -0.2) is 16.6 Å². The van der Waals surface area contributed by atoms with E-state index >= 15 is 0 Å². The minimum absolute atomic E-state index is 0.0186. The third kappa shape index (κ3) is 4.75. The van der Waals surface area contributed by atoms with E-state index in [2.05, 4.69) is 36.3 Å². The lowest BCUT2D eigenvalue weighted by atomic mass is 10.1. The number of nitrogens with zero attached hydrogens (tertiary/aromatic N) is 1. The smallest absolute Gasteiger partial charge is 0.226 e. The van der Waals surface area contributed by atoms with E-state index < -0.39 is 0 Å². The lowest BCUT2D eigenvalue weighted by molar-refractivity contribution is -0.116. The van der Waals surface area contributed by atoms with Gasteiger partial charge in [0.2, 0.25) is 5.91 Å². The lowest BCUT2D eigenvalue weighted by Crippen LogP contribution is -2.11. The van der Waals surface area contributed by atoms with Gasteiger partial charge in [-0.25, -0.2) is 4.98 Å². The number of rotatable bonds is 6. The molecule has 0 saturated heterocycles. The van der Waals surface area contributed by atoms with Crippen molar-refractivity contribution >= 4 is 56.0 Å². The molecule has 3 aromatic rings. The predicted molar refractivity (Wildman–Crippen MR) is 109 cm³/mol. The van der Waals surface area contributed by atoms with Crippen molar-refractivity contribution < 1.29 is 4.79 Å². The highest BCUT2D eigenvalue weighted by Crippen LogP contribution is 2.29. The summed E-state index contributed by atoms with van der Waals surface area (Å²) in [6.07, 6.45) is 1.32. The van der Waals surface area contributed by atoms with Crippen LogP contribution in [0.2, 0.25) is 5.02 Å². The Labute approximate surface area is 160 Å². The van der Waals surface area contributed by atoms with Crippen LogP contribution in [0.3, 0.4) is 0 Å². The normalized spacial score (nSPS) is 11.0. The van der Waals surface area contributed by atoms with Crippen LogP contribution in [0.4, 0.5) is 5.13 Å². The Bertz CT molecular complexity index is 890. The number of aryl methyl sites for hydroxylation is 2. The molecule has 0 aliphatic heterocycles. The molecule has 6 heteroatoms. The number of carbonyl (C=O) groups excluding carboxylic acids is 1. The molecule has 25 heavy (non-hydrogen) atoms. The second kappa shape index (κ2) is 8.21. The van der Waals surface area contributed by atoms with Crippen molar-refractivity contribution in [2.24, 2.45) is 0 Å². The zero-order valence-electron chi connectivity index (χ0n) is 14.1. The SMILES string of the molecule is Cc1ccc2sc(NC(=O)CCCSc3ccc(Cl)cc3)nc2c1C. The second-order valence-electron chi connectivity index (χ2n) is 5.83.